The Kier molecular flexibility index (Phi) is 4.49. The average Bonchev–Trinajstić information content (AvgIpc) is 2.85. The fourth-order valence-corrected chi connectivity index (χ4v) is 3.27. The van der Waals surface area contributed by atoms with Gasteiger partial charge in [0, 0.05) is 19.0 Å². The maximum atomic E-state index is 12.1. The van der Waals surface area contributed by atoms with Crippen LogP contribution < -0.4 is 0 Å². The number of aryl methyl sites for hydroxylation is 1. The lowest BCUT2D eigenvalue weighted by atomic mass is 10.1. The van der Waals surface area contributed by atoms with E-state index < -0.39 is 5.91 Å². The van der Waals surface area contributed by atoms with Crippen LogP contribution in [0, 0.1) is 10.5 Å². The van der Waals surface area contributed by atoms with E-state index in [1.54, 1.807) is 18.2 Å². The van der Waals surface area contributed by atoms with Gasteiger partial charge < -0.3 is 10.1 Å². The number of hydrogen-bond acceptors (Lipinski definition) is 3. The maximum absolute atomic E-state index is 12.1. The van der Waals surface area contributed by atoms with Gasteiger partial charge in [0.1, 0.15) is 0 Å². The number of carbonyl (C=O) groups excluding carboxylic acids is 1. The topological polar surface area (TPSA) is 77.8 Å². The fraction of sp³-hybridized carbons (Fsp3) is 0.0625. The van der Waals surface area contributed by atoms with Crippen molar-refractivity contribution in [2.45, 2.75) is 6.92 Å². The highest BCUT2D eigenvalue weighted by molar-refractivity contribution is 14.1. The summed E-state index contributed by atoms with van der Waals surface area (Å²) in [7, 11) is 0. The Morgan fingerprint density at radius 3 is 2.83 bits per heavy atom. The highest BCUT2D eigenvalue weighted by Crippen LogP contribution is 2.41. The van der Waals surface area contributed by atoms with Crippen LogP contribution >= 0.6 is 38.5 Å². The molecule has 1 aromatic heterocycles. The molecule has 7 heteroatoms. The summed E-state index contributed by atoms with van der Waals surface area (Å²) in [5.41, 5.74) is 2.41. The number of carbonyl (C=O) groups is 1. The van der Waals surface area contributed by atoms with Gasteiger partial charge in [-0.15, -0.1) is 10.2 Å². The van der Waals surface area contributed by atoms with E-state index in [1.165, 1.54) is 0 Å². The number of rotatable bonds is 2. The van der Waals surface area contributed by atoms with E-state index in [0.717, 1.165) is 19.1 Å². The molecule has 0 aliphatic carbocycles. The average molecular weight is 484 g/mol. The van der Waals surface area contributed by atoms with Crippen LogP contribution in [0.25, 0.3) is 10.9 Å². The molecular formula is C16H11BrIN3O2. The number of nitrogens with one attached hydrogen (secondary N) is 1. The minimum atomic E-state index is -0.457. The van der Waals surface area contributed by atoms with Crippen molar-refractivity contribution in [3.05, 3.63) is 55.6 Å². The highest BCUT2D eigenvalue weighted by atomic mass is 127. The van der Waals surface area contributed by atoms with Gasteiger partial charge in [-0.05, 0) is 75.3 Å². The number of amides is 1. The molecule has 0 bridgehead atoms. The summed E-state index contributed by atoms with van der Waals surface area (Å²) < 4.78 is 1.75. The summed E-state index contributed by atoms with van der Waals surface area (Å²) in [5.74, 6) is -0.577. The van der Waals surface area contributed by atoms with Crippen molar-refractivity contribution in [3.8, 4) is 5.88 Å². The molecular weight excluding hydrogens is 473 g/mol. The molecule has 1 heterocycles. The molecule has 0 unspecified atom stereocenters. The first-order valence-corrected chi connectivity index (χ1v) is 8.56. The summed E-state index contributed by atoms with van der Waals surface area (Å²) in [6.07, 6.45) is 0. The first-order valence-electron chi connectivity index (χ1n) is 6.68. The number of benzene rings is 2. The summed E-state index contributed by atoms with van der Waals surface area (Å²) in [6, 6.07) is 10.8. The number of nitrogens with zero attached hydrogens (tertiary/aromatic N) is 2. The molecule has 0 fully saturated rings. The van der Waals surface area contributed by atoms with Gasteiger partial charge >= 0.3 is 0 Å². The predicted octanol–water partition coefficient (Wildman–Crippen LogP) is 5.47. The number of aromatic hydroxyl groups is 1. The second-order valence-electron chi connectivity index (χ2n) is 4.96. The van der Waals surface area contributed by atoms with E-state index in [-0.39, 0.29) is 11.6 Å². The Labute approximate surface area is 154 Å². The molecule has 0 saturated carbocycles. The van der Waals surface area contributed by atoms with Gasteiger partial charge in [0.15, 0.2) is 5.69 Å². The van der Waals surface area contributed by atoms with Gasteiger partial charge in [-0.1, -0.05) is 12.1 Å². The standard InChI is InChI=1S/C16H11BrIN3O2/c1-8-5-6-11-12(13(8)17)14(16(23)19-11)20-21-15(22)9-3-2-4-10(18)7-9/h2-7,19,23H,1H3. The van der Waals surface area contributed by atoms with Crippen molar-refractivity contribution in [1.29, 1.82) is 0 Å². The van der Waals surface area contributed by atoms with Crippen molar-refractivity contribution < 1.29 is 9.90 Å². The van der Waals surface area contributed by atoms with Crippen molar-refractivity contribution in [2.24, 2.45) is 10.2 Å². The van der Waals surface area contributed by atoms with Crippen LogP contribution in [0.2, 0.25) is 0 Å². The van der Waals surface area contributed by atoms with E-state index >= 15 is 0 Å². The lowest BCUT2D eigenvalue weighted by Gasteiger charge is -2.00. The number of aromatic nitrogens is 1. The third-order valence-corrected chi connectivity index (χ3v) is 5.05. The van der Waals surface area contributed by atoms with Crippen LogP contribution in [-0.2, 0) is 0 Å². The van der Waals surface area contributed by atoms with Crippen LogP contribution in [0.5, 0.6) is 5.88 Å². The number of halogens is 2. The minimum absolute atomic E-state index is 0.120. The lowest BCUT2D eigenvalue weighted by Crippen LogP contribution is -1.93. The molecule has 2 N–H and O–H groups in total. The van der Waals surface area contributed by atoms with Crippen LogP contribution in [0.4, 0.5) is 5.69 Å². The molecule has 0 aliphatic rings. The number of aromatic amines is 1. The molecule has 5 nitrogen and oxygen atoms in total. The van der Waals surface area contributed by atoms with E-state index in [4.69, 9.17) is 0 Å². The quantitative estimate of drug-likeness (QED) is 0.374. The molecule has 23 heavy (non-hydrogen) atoms. The number of azo groups is 1. The van der Waals surface area contributed by atoms with Gasteiger partial charge in [-0.2, -0.15) is 0 Å². The summed E-state index contributed by atoms with van der Waals surface area (Å²) in [4.78, 5) is 15.0. The van der Waals surface area contributed by atoms with E-state index in [1.807, 2.05) is 25.1 Å². The molecule has 0 spiro atoms. The second kappa shape index (κ2) is 6.40. The van der Waals surface area contributed by atoms with Crippen LogP contribution in [-0.4, -0.2) is 16.0 Å². The monoisotopic (exact) mass is 483 g/mol. The molecule has 3 rings (SSSR count). The Morgan fingerprint density at radius 1 is 1.30 bits per heavy atom. The Morgan fingerprint density at radius 2 is 2.09 bits per heavy atom. The van der Waals surface area contributed by atoms with Crippen LogP contribution in [0.15, 0.2) is 51.1 Å². The minimum Gasteiger partial charge on any atom is -0.493 e. The molecule has 0 saturated heterocycles. The largest absolute Gasteiger partial charge is 0.493 e. The molecule has 0 radical (unpaired) electrons. The molecule has 3 aromatic rings. The molecule has 116 valence electrons. The first kappa shape index (κ1) is 16.1. The van der Waals surface area contributed by atoms with Gasteiger partial charge in [0.25, 0.3) is 5.91 Å². The zero-order chi connectivity index (χ0) is 16.6. The van der Waals surface area contributed by atoms with Gasteiger partial charge in [-0.3, -0.25) is 4.79 Å². The smallest absolute Gasteiger partial charge is 0.295 e. The van der Waals surface area contributed by atoms with Crippen molar-refractivity contribution in [1.82, 2.24) is 4.98 Å². The highest BCUT2D eigenvalue weighted by Gasteiger charge is 2.15. The lowest BCUT2D eigenvalue weighted by molar-refractivity contribution is 0.0995. The second-order valence-corrected chi connectivity index (χ2v) is 7.00. The maximum Gasteiger partial charge on any atom is 0.295 e. The molecule has 2 aromatic carbocycles. The Bertz CT molecular complexity index is 950. The zero-order valence-electron chi connectivity index (χ0n) is 12.0. The summed E-state index contributed by atoms with van der Waals surface area (Å²) >= 11 is 5.61. The van der Waals surface area contributed by atoms with Crippen LogP contribution in [0.1, 0.15) is 15.9 Å². The molecule has 1 amide bonds. The number of fused-ring (bicyclic) bond motifs is 1. The van der Waals surface area contributed by atoms with Gasteiger partial charge in [0.2, 0.25) is 5.88 Å². The fourth-order valence-electron chi connectivity index (χ4n) is 2.19. The third-order valence-electron chi connectivity index (χ3n) is 3.36. The summed E-state index contributed by atoms with van der Waals surface area (Å²) in [6.45, 7) is 1.94. The zero-order valence-corrected chi connectivity index (χ0v) is 15.7. The van der Waals surface area contributed by atoms with Gasteiger partial charge in [-0.25, -0.2) is 0 Å². The Hall–Kier alpha value is -1.74. The SMILES string of the molecule is Cc1ccc2[nH]c(O)c(N=NC(=O)c3cccc(I)c3)c2c1Br. The normalized spacial score (nSPS) is 11.4. The van der Waals surface area contributed by atoms with E-state index in [0.29, 0.717) is 10.9 Å². The number of hydrogen-bond donors (Lipinski definition) is 2. The first-order chi connectivity index (χ1) is 11.0. The van der Waals surface area contributed by atoms with Crippen molar-refractivity contribution in [2.75, 3.05) is 0 Å². The summed E-state index contributed by atoms with van der Waals surface area (Å²) in [5, 5.41) is 18.4. The van der Waals surface area contributed by atoms with E-state index in [2.05, 4.69) is 53.7 Å². The van der Waals surface area contributed by atoms with Crippen molar-refractivity contribution >= 4 is 61.0 Å². The molecule has 0 atom stereocenters. The van der Waals surface area contributed by atoms with Crippen molar-refractivity contribution in [3.63, 3.8) is 0 Å². The Balaban J connectivity index is 2.03. The van der Waals surface area contributed by atoms with E-state index in [9.17, 15) is 9.90 Å². The number of H-pyrrole nitrogens is 1. The predicted molar refractivity (Wildman–Crippen MR) is 100 cm³/mol. The van der Waals surface area contributed by atoms with Gasteiger partial charge in [0.05, 0.1) is 5.52 Å². The van der Waals surface area contributed by atoms with Crippen LogP contribution in [0.3, 0.4) is 0 Å². The third kappa shape index (κ3) is 3.16. The molecule has 0 aliphatic heterocycles.